The molecule has 1 aromatic heterocycles. The first kappa shape index (κ1) is 21.5. The number of hydrogen-bond donors (Lipinski definition) is 1. The Hall–Kier alpha value is -2.71. The van der Waals surface area contributed by atoms with Gasteiger partial charge in [-0.05, 0) is 55.8 Å². The first-order valence-corrected chi connectivity index (χ1v) is 11.4. The molecule has 1 atom stereocenters. The van der Waals surface area contributed by atoms with Crippen LogP contribution in [-0.4, -0.2) is 46.3 Å². The summed E-state index contributed by atoms with van der Waals surface area (Å²) < 4.78 is 18.5. The molecule has 1 amide bonds. The number of nitrogens with one attached hydrogen (secondary N) is 1. The number of halogens is 1. The third-order valence-electron chi connectivity index (χ3n) is 5.22. The molecule has 6 nitrogen and oxygen atoms in total. The number of thioether (sulfide) groups is 1. The van der Waals surface area contributed by atoms with E-state index >= 15 is 0 Å². The summed E-state index contributed by atoms with van der Waals surface area (Å²) >= 11 is 1.74. The van der Waals surface area contributed by atoms with E-state index in [0.717, 1.165) is 25.1 Å². The number of amides is 1. The van der Waals surface area contributed by atoms with Crippen LogP contribution in [0.2, 0.25) is 0 Å². The Bertz CT molecular complexity index is 981. The first-order valence-electron chi connectivity index (χ1n) is 10.4. The molecule has 31 heavy (non-hydrogen) atoms. The Morgan fingerprint density at radius 1 is 1.19 bits per heavy atom. The minimum Gasteiger partial charge on any atom is -0.355 e. The van der Waals surface area contributed by atoms with Crippen molar-refractivity contribution in [2.75, 3.05) is 25.4 Å². The van der Waals surface area contributed by atoms with E-state index in [2.05, 4.69) is 32.5 Å². The Labute approximate surface area is 185 Å². The summed E-state index contributed by atoms with van der Waals surface area (Å²) in [5, 5.41) is 7.06. The standard InChI is InChI=1S/C23H25FN4O2S/c24-19-10-8-17(9-11-19)22-26-21(30-27-22)16-28-13-4-5-18(15-28)23(29)25-12-14-31-20-6-2-1-3-7-20/h1-3,6-11,18H,4-5,12-16H2,(H,25,29). The molecule has 0 aliphatic carbocycles. The normalized spacial score (nSPS) is 16.9. The summed E-state index contributed by atoms with van der Waals surface area (Å²) in [4.78, 5) is 20.4. The fourth-order valence-electron chi connectivity index (χ4n) is 3.64. The van der Waals surface area contributed by atoms with E-state index in [1.165, 1.54) is 17.0 Å². The fraction of sp³-hybridized carbons (Fsp3) is 0.348. The second-order valence-corrected chi connectivity index (χ2v) is 8.71. The monoisotopic (exact) mass is 440 g/mol. The topological polar surface area (TPSA) is 71.3 Å². The van der Waals surface area contributed by atoms with Crippen LogP contribution in [0.4, 0.5) is 4.39 Å². The zero-order chi connectivity index (χ0) is 21.5. The van der Waals surface area contributed by atoms with Gasteiger partial charge in [-0.3, -0.25) is 9.69 Å². The van der Waals surface area contributed by atoms with Gasteiger partial charge < -0.3 is 9.84 Å². The van der Waals surface area contributed by atoms with Gasteiger partial charge >= 0.3 is 0 Å². The van der Waals surface area contributed by atoms with Crippen LogP contribution in [0.3, 0.4) is 0 Å². The molecule has 1 aliphatic heterocycles. The predicted octanol–water partition coefficient (Wildman–Crippen LogP) is 4.00. The van der Waals surface area contributed by atoms with Gasteiger partial charge in [0.05, 0.1) is 12.5 Å². The van der Waals surface area contributed by atoms with E-state index in [9.17, 15) is 9.18 Å². The van der Waals surface area contributed by atoms with E-state index < -0.39 is 0 Å². The van der Waals surface area contributed by atoms with Gasteiger partial charge in [0.2, 0.25) is 17.6 Å². The summed E-state index contributed by atoms with van der Waals surface area (Å²) in [6.45, 7) is 2.72. The molecule has 1 fully saturated rings. The van der Waals surface area contributed by atoms with Crippen LogP contribution in [0.15, 0.2) is 64.0 Å². The third-order valence-corrected chi connectivity index (χ3v) is 6.23. The average Bonchev–Trinajstić information content (AvgIpc) is 3.26. The maximum absolute atomic E-state index is 13.1. The van der Waals surface area contributed by atoms with E-state index in [1.807, 2.05) is 18.2 Å². The Morgan fingerprint density at radius 2 is 2.00 bits per heavy atom. The number of carbonyl (C=O) groups is 1. The van der Waals surface area contributed by atoms with Crippen molar-refractivity contribution in [2.24, 2.45) is 5.92 Å². The van der Waals surface area contributed by atoms with Crippen LogP contribution in [0.5, 0.6) is 0 Å². The zero-order valence-electron chi connectivity index (χ0n) is 17.2. The van der Waals surface area contributed by atoms with Crippen molar-refractivity contribution >= 4 is 17.7 Å². The molecule has 2 aromatic carbocycles. The van der Waals surface area contributed by atoms with Gasteiger partial charge in [-0.25, -0.2) is 4.39 Å². The lowest BCUT2D eigenvalue weighted by molar-refractivity contribution is -0.126. The van der Waals surface area contributed by atoms with E-state index in [-0.39, 0.29) is 17.6 Å². The molecule has 0 spiro atoms. The van der Waals surface area contributed by atoms with Gasteiger partial charge in [-0.1, -0.05) is 23.4 Å². The molecular formula is C23H25FN4O2S. The quantitative estimate of drug-likeness (QED) is 0.422. The Kier molecular flexibility index (Phi) is 7.32. The van der Waals surface area contributed by atoms with Crippen LogP contribution < -0.4 is 5.32 Å². The van der Waals surface area contributed by atoms with Crippen LogP contribution in [0.1, 0.15) is 18.7 Å². The fourth-order valence-corrected chi connectivity index (χ4v) is 4.43. The number of nitrogens with zero attached hydrogens (tertiary/aromatic N) is 3. The average molecular weight is 441 g/mol. The maximum atomic E-state index is 13.1. The summed E-state index contributed by atoms with van der Waals surface area (Å²) in [5.74, 6) is 1.56. The highest BCUT2D eigenvalue weighted by Gasteiger charge is 2.26. The van der Waals surface area contributed by atoms with E-state index in [4.69, 9.17) is 4.52 Å². The Balaban J connectivity index is 1.24. The molecule has 2 heterocycles. The van der Waals surface area contributed by atoms with Gasteiger partial charge in [0.1, 0.15) is 5.82 Å². The molecule has 4 rings (SSSR count). The molecule has 1 unspecified atom stereocenters. The van der Waals surface area contributed by atoms with Crippen molar-refractivity contribution < 1.29 is 13.7 Å². The molecule has 1 saturated heterocycles. The van der Waals surface area contributed by atoms with Crippen molar-refractivity contribution in [3.05, 3.63) is 66.3 Å². The van der Waals surface area contributed by atoms with Crippen molar-refractivity contribution in [1.82, 2.24) is 20.4 Å². The Morgan fingerprint density at radius 3 is 2.81 bits per heavy atom. The minimum atomic E-state index is -0.302. The molecule has 0 bridgehead atoms. The lowest BCUT2D eigenvalue weighted by Crippen LogP contribution is -2.43. The summed E-state index contributed by atoms with van der Waals surface area (Å²) in [6.07, 6.45) is 1.84. The second-order valence-electron chi connectivity index (χ2n) is 7.55. The number of aromatic nitrogens is 2. The molecule has 1 aliphatic rings. The number of carbonyl (C=O) groups excluding carboxylic acids is 1. The number of piperidine rings is 1. The van der Waals surface area contributed by atoms with Gasteiger partial charge in [-0.15, -0.1) is 11.8 Å². The van der Waals surface area contributed by atoms with E-state index in [1.54, 1.807) is 23.9 Å². The summed E-state index contributed by atoms with van der Waals surface area (Å²) in [6, 6.07) is 16.2. The zero-order valence-corrected chi connectivity index (χ0v) is 18.0. The lowest BCUT2D eigenvalue weighted by atomic mass is 9.97. The van der Waals surface area contributed by atoms with Crippen molar-refractivity contribution in [1.29, 1.82) is 0 Å². The lowest BCUT2D eigenvalue weighted by Gasteiger charge is -2.30. The number of rotatable bonds is 8. The molecule has 162 valence electrons. The summed E-state index contributed by atoms with van der Waals surface area (Å²) in [5.41, 5.74) is 0.709. The number of benzene rings is 2. The van der Waals surface area contributed by atoms with Gasteiger partial charge in [0.25, 0.3) is 0 Å². The molecular weight excluding hydrogens is 415 g/mol. The predicted molar refractivity (Wildman–Crippen MR) is 118 cm³/mol. The van der Waals surface area contributed by atoms with Crippen LogP contribution in [-0.2, 0) is 11.3 Å². The highest BCUT2D eigenvalue weighted by Crippen LogP contribution is 2.21. The highest BCUT2D eigenvalue weighted by atomic mass is 32.2. The minimum absolute atomic E-state index is 0.0324. The van der Waals surface area contributed by atoms with Crippen molar-refractivity contribution in [3.8, 4) is 11.4 Å². The van der Waals surface area contributed by atoms with Crippen LogP contribution >= 0.6 is 11.8 Å². The van der Waals surface area contributed by atoms with Crippen LogP contribution in [0, 0.1) is 11.7 Å². The first-order chi connectivity index (χ1) is 15.2. The maximum Gasteiger partial charge on any atom is 0.241 e. The van der Waals surface area contributed by atoms with Gasteiger partial charge in [-0.2, -0.15) is 4.98 Å². The van der Waals surface area contributed by atoms with Gasteiger partial charge in [0, 0.05) is 29.3 Å². The third kappa shape index (κ3) is 6.15. The van der Waals surface area contributed by atoms with Crippen molar-refractivity contribution in [3.63, 3.8) is 0 Å². The van der Waals surface area contributed by atoms with E-state index in [0.29, 0.717) is 36.9 Å². The molecule has 0 radical (unpaired) electrons. The number of hydrogen-bond acceptors (Lipinski definition) is 6. The molecule has 1 N–H and O–H groups in total. The molecule has 0 saturated carbocycles. The molecule has 8 heteroatoms. The SMILES string of the molecule is O=C(NCCSc1ccccc1)C1CCCN(Cc2nc(-c3ccc(F)cc3)no2)C1. The smallest absolute Gasteiger partial charge is 0.241 e. The summed E-state index contributed by atoms with van der Waals surface area (Å²) in [7, 11) is 0. The largest absolute Gasteiger partial charge is 0.355 e. The van der Waals surface area contributed by atoms with Crippen molar-refractivity contribution in [2.45, 2.75) is 24.3 Å². The molecule has 3 aromatic rings. The second kappa shape index (κ2) is 10.5. The van der Waals surface area contributed by atoms with Gasteiger partial charge in [0.15, 0.2) is 0 Å². The number of likely N-dealkylation sites (tertiary alicyclic amines) is 1. The highest BCUT2D eigenvalue weighted by molar-refractivity contribution is 7.99. The van der Waals surface area contributed by atoms with Crippen LogP contribution in [0.25, 0.3) is 11.4 Å².